The number of carbonyl (C=O) groups excluding carboxylic acids is 1. The number of hydrogen-bond donors (Lipinski definition) is 0. The van der Waals surface area contributed by atoms with Crippen LogP contribution in [0, 0.1) is 6.92 Å². The van der Waals surface area contributed by atoms with Crippen molar-refractivity contribution in [3.63, 3.8) is 0 Å². The fraction of sp³-hybridized carbons (Fsp3) is 0.316. The lowest BCUT2D eigenvalue weighted by molar-refractivity contribution is 0.0419. The van der Waals surface area contributed by atoms with Crippen molar-refractivity contribution in [1.82, 2.24) is 19.9 Å². The lowest BCUT2D eigenvalue weighted by atomic mass is 10.1. The van der Waals surface area contributed by atoms with E-state index in [1.54, 1.807) is 0 Å². The SMILES string of the molecule is CCCCn1nc(C(=O)OCc2nc(-c3ccccc3C)no2)ccc1=O. The average molecular weight is 368 g/mol. The minimum Gasteiger partial charge on any atom is -0.451 e. The van der Waals surface area contributed by atoms with Crippen molar-refractivity contribution < 1.29 is 14.1 Å². The number of unbranched alkanes of at least 4 members (excludes halogenated alkanes) is 1. The summed E-state index contributed by atoms with van der Waals surface area (Å²) >= 11 is 0. The van der Waals surface area contributed by atoms with Gasteiger partial charge in [0, 0.05) is 18.2 Å². The van der Waals surface area contributed by atoms with Crippen LogP contribution in [0.1, 0.15) is 41.7 Å². The van der Waals surface area contributed by atoms with Crippen molar-refractivity contribution in [2.45, 2.75) is 39.8 Å². The van der Waals surface area contributed by atoms with Crippen LogP contribution in [0.15, 0.2) is 45.7 Å². The molecule has 0 radical (unpaired) electrons. The molecule has 1 aromatic carbocycles. The lowest BCUT2D eigenvalue weighted by Gasteiger charge is -2.05. The van der Waals surface area contributed by atoms with Gasteiger partial charge in [-0.1, -0.05) is 42.8 Å². The summed E-state index contributed by atoms with van der Waals surface area (Å²) in [5, 5.41) is 7.97. The maximum atomic E-state index is 12.2. The number of ether oxygens (including phenoxy) is 1. The summed E-state index contributed by atoms with van der Waals surface area (Å²) in [7, 11) is 0. The summed E-state index contributed by atoms with van der Waals surface area (Å²) in [5.41, 5.74) is 1.67. The van der Waals surface area contributed by atoms with E-state index in [1.165, 1.54) is 16.8 Å². The van der Waals surface area contributed by atoms with Gasteiger partial charge in [0.1, 0.15) is 0 Å². The number of esters is 1. The van der Waals surface area contributed by atoms with Crippen LogP contribution in [0.3, 0.4) is 0 Å². The number of aromatic nitrogens is 4. The molecule has 0 saturated carbocycles. The van der Waals surface area contributed by atoms with Crippen LogP contribution in [0.25, 0.3) is 11.4 Å². The molecular weight excluding hydrogens is 348 g/mol. The van der Waals surface area contributed by atoms with Gasteiger partial charge in [0.05, 0.1) is 0 Å². The molecule has 140 valence electrons. The van der Waals surface area contributed by atoms with E-state index < -0.39 is 5.97 Å². The Morgan fingerprint density at radius 3 is 2.81 bits per heavy atom. The number of nitrogens with zero attached hydrogens (tertiary/aromatic N) is 4. The van der Waals surface area contributed by atoms with Crippen molar-refractivity contribution in [1.29, 1.82) is 0 Å². The normalized spacial score (nSPS) is 10.7. The number of hydrogen-bond acceptors (Lipinski definition) is 7. The zero-order valence-electron chi connectivity index (χ0n) is 15.2. The Morgan fingerprint density at radius 1 is 1.22 bits per heavy atom. The standard InChI is InChI=1S/C19H20N4O4/c1-3-4-11-23-17(24)10-9-15(21-23)19(25)26-12-16-20-18(22-27-16)14-8-6-5-7-13(14)2/h5-10H,3-4,11-12H2,1-2H3. The molecule has 0 N–H and O–H groups in total. The molecule has 0 aliphatic rings. The van der Waals surface area contributed by atoms with Crippen molar-refractivity contribution in [3.8, 4) is 11.4 Å². The van der Waals surface area contributed by atoms with E-state index in [0.29, 0.717) is 12.4 Å². The molecule has 0 aliphatic heterocycles. The lowest BCUT2D eigenvalue weighted by Crippen LogP contribution is -2.25. The number of carbonyl (C=O) groups is 1. The molecule has 3 aromatic rings. The van der Waals surface area contributed by atoms with E-state index in [0.717, 1.165) is 24.0 Å². The van der Waals surface area contributed by atoms with E-state index in [-0.39, 0.29) is 23.8 Å². The second-order valence-corrected chi connectivity index (χ2v) is 6.04. The number of aryl methyl sites for hydroxylation is 2. The molecule has 0 spiro atoms. The predicted molar refractivity (Wildman–Crippen MR) is 97.0 cm³/mol. The van der Waals surface area contributed by atoms with E-state index >= 15 is 0 Å². The summed E-state index contributed by atoms with van der Waals surface area (Å²) in [5.74, 6) is -0.0396. The Kier molecular flexibility index (Phi) is 5.75. The molecule has 27 heavy (non-hydrogen) atoms. The quantitative estimate of drug-likeness (QED) is 0.591. The third-order valence-electron chi connectivity index (χ3n) is 3.98. The average Bonchev–Trinajstić information content (AvgIpc) is 3.14. The first-order valence-corrected chi connectivity index (χ1v) is 8.72. The highest BCUT2D eigenvalue weighted by Gasteiger charge is 2.15. The molecule has 3 rings (SSSR count). The van der Waals surface area contributed by atoms with Gasteiger partial charge < -0.3 is 9.26 Å². The van der Waals surface area contributed by atoms with Gasteiger partial charge >= 0.3 is 5.97 Å². The van der Waals surface area contributed by atoms with Gasteiger partial charge in [-0.2, -0.15) is 10.1 Å². The van der Waals surface area contributed by atoms with Gasteiger partial charge in [-0.15, -0.1) is 0 Å². The van der Waals surface area contributed by atoms with E-state index in [4.69, 9.17) is 9.26 Å². The molecule has 2 heterocycles. The Labute approximate surface area is 155 Å². The second-order valence-electron chi connectivity index (χ2n) is 6.04. The number of rotatable bonds is 7. The highest BCUT2D eigenvalue weighted by Crippen LogP contribution is 2.20. The Balaban J connectivity index is 1.66. The van der Waals surface area contributed by atoms with Gasteiger partial charge in [-0.3, -0.25) is 4.79 Å². The van der Waals surface area contributed by atoms with Crippen molar-refractivity contribution in [3.05, 3.63) is 63.9 Å². The predicted octanol–water partition coefficient (Wildman–Crippen LogP) is 2.76. The van der Waals surface area contributed by atoms with E-state index in [2.05, 4.69) is 15.2 Å². The molecule has 0 aliphatic carbocycles. The highest BCUT2D eigenvalue weighted by molar-refractivity contribution is 5.86. The van der Waals surface area contributed by atoms with Crippen LogP contribution in [0.2, 0.25) is 0 Å². The molecule has 2 aromatic heterocycles. The molecule has 0 amide bonds. The van der Waals surface area contributed by atoms with Crippen LogP contribution in [0.5, 0.6) is 0 Å². The molecule has 8 heteroatoms. The van der Waals surface area contributed by atoms with Crippen LogP contribution in [0.4, 0.5) is 0 Å². The first-order chi connectivity index (χ1) is 13.1. The largest absolute Gasteiger partial charge is 0.451 e. The summed E-state index contributed by atoms with van der Waals surface area (Å²) < 4.78 is 11.6. The van der Waals surface area contributed by atoms with Gasteiger partial charge in [-0.05, 0) is 25.0 Å². The molecule has 0 atom stereocenters. The fourth-order valence-electron chi connectivity index (χ4n) is 2.47. The summed E-state index contributed by atoms with van der Waals surface area (Å²) in [4.78, 5) is 28.2. The van der Waals surface area contributed by atoms with Crippen molar-refractivity contribution in [2.24, 2.45) is 0 Å². The van der Waals surface area contributed by atoms with E-state index in [1.807, 2.05) is 38.1 Å². The molecule has 0 fully saturated rings. The van der Waals surface area contributed by atoms with Crippen LogP contribution in [-0.4, -0.2) is 25.9 Å². The van der Waals surface area contributed by atoms with Gasteiger partial charge in [0.15, 0.2) is 12.3 Å². The molecular formula is C19H20N4O4. The second kappa shape index (κ2) is 8.39. The smallest absolute Gasteiger partial charge is 0.359 e. The molecule has 8 nitrogen and oxygen atoms in total. The summed E-state index contributed by atoms with van der Waals surface area (Å²) in [6.07, 6.45) is 1.72. The molecule has 0 unspecified atom stereocenters. The van der Waals surface area contributed by atoms with E-state index in [9.17, 15) is 9.59 Å². The van der Waals surface area contributed by atoms with Gasteiger partial charge in [0.2, 0.25) is 5.82 Å². The summed E-state index contributed by atoms with van der Waals surface area (Å²) in [6.45, 7) is 4.25. The minimum atomic E-state index is -0.657. The maximum Gasteiger partial charge on any atom is 0.359 e. The zero-order valence-corrected chi connectivity index (χ0v) is 15.2. The van der Waals surface area contributed by atoms with Gasteiger partial charge in [0.25, 0.3) is 11.4 Å². The van der Waals surface area contributed by atoms with Crippen molar-refractivity contribution >= 4 is 5.97 Å². The third kappa shape index (κ3) is 4.46. The fourth-order valence-corrected chi connectivity index (χ4v) is 2.47. The molecule has 0 bridgehead atoms. The summed E-state index contributed by atoms with van der Waals surface area (Å²) in [6, 6.07) is 10.3. The first kappa shape index (κ1) is 18.5. The zero-order chi connectivity index (χ0) is 19.2. The van der Waals surface area contributed by atoms with Crippen molar-refractivity contribution in [2.75, 3.05) is 0 Å². The Bertz CT molecular complexity index is 993. The number of benzene rings is 1. The van der Waals surface area contributed by atoms with Crippen LogP contribution in [-0.2, 0) is 17.9 Å². The Hall–Kier alpha value is -3.29. The molecule has 0 saturated heterocycles. The minimum absolute atomic E-state index is 0.0596. The topological polar surface area (TPSA) is 100 Å². The van der Waals surface area contributed by atoms with Crippen LogP contribution >= 0.6 is 0 Å². The highest BCUT2D eigenvalue weighted by atomic mass is 16.6. The van der Waals surface area contributed by atoms with Gasteiger partial charge in [-0.25, -0.2) is 9.48 Å². The Morgan fingerprint density at radius 2 is 2.04 bits per heavy atom. The monoisotopic (exact) mass is 368 g/mol. The first-order valence-electron chi connectivity index (χ1n) is 8.72. The van der Waals surface area contributed by atoms with Crippen LogP contribution < -0.4 is 5.56 Å². The third-order valence-corrected chi connectivity index (χ3v) is 3.98. The maximum absolute atomic E-state index is 12.2.